The Bertz CT molecular complexity index is 3360. The number of aromatic nitrogens is 5. The molecule has 0 unspecified atom stereocenters. The summed E-state index contributed by atoms with van der Waals surface area (Å²) in [5.41, 5.74) is 10.4. The first kappa shape index (κ1) is 31.5. The molecule has 8 aromatic carbocycles. The van der Waals surface area contributed by atoms with E-state index in [2.05, 4.69) is 124 Å². The Morgan fingerprint density at radius 1 is 0.351 bits per heavy atom. The summed E-state index contributed by atoms with van der Waals surface area (Å²) in [5, 5.41) is 6.70. The molecule has 0 aliphatic carbocycles. The molecule has 0 saturated heterocycles. The SMILES string of the molecule is c1ccc(-c2nc(-c3ccccc3)nc(-c3c(-n4c5ccccc5c5ccccc54)cc(-n4c5ccccc5c5ccccc54)c4c3oc3ccccc34)n2)cc1. The molecule has 0 N–H and O–H groups in total. The van der Waals surface area contributed by atoms with Crippen LogP contribution in [0.25, 0.3) is 111 Å². The minimum atomic E-state index is 0.525. The van der Waals surface area contributed by atoms with Crippen molar-refractivity contribution in [3.63, 3.8) is 0 Å². The maximum atomic E-state index is 7.13. The van der Waals surface area contributed by atoms with Gasteiger partial charge in [0.1, 0.15) is 5.58 Å². The van der Waals surface area contributed by atoms with Gasteiger partial charge in [0, 0.05) is 38.1 Å². The lowest BCUT2D eigenvalue weighted by Crippen LogP contribution is -2.06. The highest BCUT2D eigenvalue weighted by atomic mass is 16.3. The number of para-hydroxylation sites is 5. The number of rotatable bonds is 5. The number of fused-ring (bicyclic) bond motifs is 9. The third-order valence-corrected chi connectivity index (χ3v) is 11.2. The monoisotopic (exact) mass is 729 g/mol. The van der Waals surface area contributed by atoms with Crippen LogP contribution in [0, 0.1) is 0 Å². The Hall–Kier alpha value is -7.83. The first-order valence-corrected chi connectivity index (χ1v) is 19.1. The Kier molecular flexibility index (Phi) is 6.83. The number of hydrogen-bond acceptors (Lipinski definition) is 4. The topological polar surface area (TPSA) is 61.7 Å². The Morgan fingerprint density at radius 3 is 1.23 bits per heavy atom. The Morgan fingerprint density at radius 2 is 0.737 bits per heavy atom. The van der Waals surface area contributed by atoms with Crippen LogP contribution in [0.4, 0.5) is 0 Å². The van der Waals surface area contributed by atoms with E-state index in [1.165, 1.54) is 10.8 Å². The highest BCUT2D eigenvalue weighted by Gasteiger charge is 2.28. The second-order valence-electron chi connectivity index (χ2n) is 14.4. The maximum absolute atomic E-state index is 7.13. The van der Waals surface area contributed by atoms with Crippen LogP contribution < -0.4 is 0 Å². The molecule has 0 fully saturated rings. The molecule has 4 aromatic heterocycles. The molecule has 4 heterocycles. The predicted octanol–water partition coefficient (Wildman–Crippen LogP) is 13.0. The van der Waals surface area contributed by atoms with Crippen LogP contribution in [0.3, 0.4) is 0 Å². The van der Waals surface area contributed by atoms with Crippen LogP contribution >= 0.6 is 0 Å². The van der Waals surface area contributed by atoms with Gasteiger partial charge in [0.2, 0.25) is 0 Å². The summed E-state index contributed by atoms with van der Waals surface area (Å²) in [4.78, 5) is 15.8. The highest BCUT2D eigenvalue weighted by molar-refractivity contribution is 6.19. The van der Waals surface area contributed by atoms with Crippen molar-refractivity contribution in [3.05, 3.63) is 188 Å². The molecule has 0 aliphatic heterocycles. The lowest BCUT2D eigenvalue weighted by atomic mass is 10.0. The maximum Gasteiger partial charge on any atom is 0.170 e. The average molecular weight is 730 g/mol. The zero-order valence-corrected chi connectivity index (χ0v) is 30.5. The first-order chi connectivity index (χ1) is 28.3. The molecule has 12 aromatic rings. The molecule has 0 saturated carbocycles. The molecule has 12 rings (SSSR count). The van der Waals surface area contributed by atoms with E-state index in [4.69, 9.17) is 19.4 Å². The Labute approximate surface area is 326 Å². The van der Waals surface area contributed by atoms with Gasteiger partial charge in [-0.2, -0.15) is 0 Å². The fraction of sp³-hybridized carbons (Fsp3) is 0. The first-order valence-electron chi connectivity index (χ1n) is 19.1. The van der Waals surface area contributed by atoms with Gasteiger partial charge >= 0.3 is 0 Å². The normalized spacial score (nSPS) is 11.9. The predicted molar refractivity (Wildman–Crippen MR) is 232 cm³/mol. The van der Waals surface area contributed by atoms with E-state index < -0.39 is 0 Å². The van der Waals surface area contributed by atoms with Crippen LogP contribution in [-0.2, 0) is 0 Å². The summed E-state index contributed by atoms with van der Waals surface area (Å²) in [6, 6.07) is 65.4. The summed E-state index contributed by atoms with van der Waals surface area (Å²) in [6.07, 6.45) is 0. The van der Waals surface area contributed by atoms with Crippen molar-refractivity contribution in [2.45, 2.75) is 0 Å². The summed E-state index contributed by atoms with van der Waals surface area (Å²) in [7, 11) is 0. The van der Waals surface area contributed by atoms with Gasteiger partial charge in [-0.25, -0.2) is 15.0 Å². The molecule has 0 amide bonds. The molecule has 0 radical (unpaired) electrons. The zero-order chi connectivity index (χ0) is 37.5. The molecule has 0 aliphatic rings. The highest BCUT2D eigenvalue weighted by Crippen LogP contribution is 2.47. The van der Waals surface area contributed by atoms with Crippen LogP contribution in [0.1, 0.15) is 0 Å². The van der Waals surface area contributed by atoms with Crippen molar-refractivity contribution in [1.82, 2.24) is 24.1 Å². The lowest BCUT2D eigenvalue weighted by Gasteiger charge is -2.19. The third kappa shape index (κ3) is 4.74. The minimum Gasteiger partial charge on any atom is -0.455 e. The lowest BCUT2D eigenvalue weighted by molar-refractivity contribution is 0.669. The van der Waals surface area contributed by atoms with Gasteiger partial charge in [-0.15, -0.1) is 0 Å². The Balaban J connectivity index is 1.31. The molecule has 6 nitrogen and oxygen atoms in total. The molecular weight excluding hydrogens is 699 g/mol. The van der Waals surface area contributed by atoms with E-state index in [0.717, 1.165) is 77.3 Å². The van der Waals surface area contributed by atoms with Gasteiger partial charge < -0.3 is 13.6 Å². The smallest absolute Gasteiger partial charge is 0.170 e. The summed E-state index contributed by atoms with van der Waals surface area (Å²) < 4.78 is 11.9. The average Bonchev–Trinajstić information content (AvgIpc) is 3.95. The number of nitrogens with zero attached hydrogens (tertiary/aromatic N) is 5. The summed E-state index contributed by atoms with van der Waals surface area (Å²) in [5.74, 6) is 1.70. The van der Waals surface area contributed by atoms with Crippen LogP contribution in [-0.4, -0.2) is 24.1 Å². The molecule has 266 valence electrons. The number of benzene rings is 8. The van der Waals surface area contributed by atoms with Gasteiger partial charge in [-0.3, -0.25) is 0 Å². The van der Waals surface area contributed by atoms with Crippen molar-refractivity contribution >= 4 is 65.6 Å². The van der Waals surface area contributed by atoms with E-state index in [-0.39, 0.29) is 0 Å². The summed E-state index contributed by atoms with van der Waals surface area (Å²) in [6.45, 7) is 0. The van der Waals surface area contributed by atoms with Gasteiger partial charge in [-0.05, 0) is 36.4 Å². The number of furan rings is 1. The van der Waals surface area contributed by atoms with E-state index >= 15 is 0 Å². The fourth-order valence-corrected chi connectivity index (χ4v) is 8.72. The van der Waals surface area contributed by atoms with Crippen LogP contribution in [0.15, 0.2) is 192 Å². The van der Waals surface area contributed by atoms with Crippen molar-refractivity contribution in [2.75, 3.05) is 0 Å². The zero-order valence-electron chi connectivity index (χ0n) is 30.5. The second-order valence-corrected chi connectivity index (χ2v) is 14.4. The van der Waals surface area contributed by atoms with E-state index in [1.807, 2.05) is 72.8 Å². The van der Waals surface area contributed by atoms with Crippen molar-refractivity contribution < 1.29 is 4.42 Å². The molecule has 0 atom stereocenters. The fourth-order valence-electron chi connectivity index (χ4n) is 8.72. The standard InChI is InChI=1S/C51H31N5O/c1-3-17-32(18-4-1)49-52-50(33-19-5-2-6-20-33)54-51(53-49)47-44(56-41-28-14-9-23-36(41)37-24-10-15-29-42(37)56)31-43(46-38-25-11-16-30-45(38)57-48(46)47)55-39-26-12-7-21-34(39)35-22-8-13-27-40(35)55/h1-31H. The molecule has 6 heteroatoms. The molecule has 57 heavy (non-hydrogen) atoms. The minimum absolute atomic E-state index is 0.525. The quantitative estimate of drug-likeness (QED) is 0.177. The van der Waals surface area contributed by atoms with Crippen molar-refractivity contribution in [1.29, 1.82) is 0 Å². The number of hydrogen-bond donors (Lipinski definition) is 0. The second kappa shape index (κ2) is 12.3. The largest absolute Gasteiger partial charge is 0.455 e. The van der Waals surface area contributed by atoms with Crippen LogP contribution in [0.2, 0.25) is 0 Å². The third-order valence-electron chi connectivity index (χ3n) is 11.2. The van der Waals surface area contributed by atoms with Crippen molar-refractivity contribution in [2.24, 2.45) is 0 Å². The van der Waals surface area contributed by atoms with Crippen molar-refractivity contribution in [3.8, 4) is 45.5 Å². The van der Waals surface area contributed by atoms with E-state index in [1.54, 1.807) is 0 Å². The van der Waals surface area contributed by atoms with Gasteiger partial charge in [-0.1, -0.05) is 152 Å². The van der Waals surface area contributed by atoms with Gasteiger partial charge in [0.05, 0.1) is 44.4 Å². The molecule has 0 spiro atoms. The molecule has 0 bridgehead atoms. The van der Waals surface area contributed by atoms with Crippen LogP contribution in [0.5, 0.6) is 0 Å². The van der Waals surface area contributed by atoms with Gasteiger partial charge in [0.15, 0.2) is 23.1 Å². The van der Waals surface area contributed by atoms with Gasteiger partial charge in [0.25, 0.3) is 0 Å². The van der Waals surface area contributed by atoms with E-state index in [0.29, 0.717) is 23.1 Å². The summed E-state index contributed by atoms with van der Waals surface area (Å²) >= 11 is 0. The van der Waals surface area contributed by atoms with E-state index in [9.17, 15) is 0 Å². The molecular formula is C51H31N5O.